The fraction of sp³-hybridized carbons (Fsp3) is 0.133. The molecule has 2 amide bonds. The number of pyridine rings is 1. The monoisotopic (exact) mass is 287 g/mol. The van der Waals surface area contributed by atoms with Gasteiger partial charge in [-0.15, -0.1) is 0 Å². The maximum absolute atomic E-state index is 13.4. The first-order valence-corrected chi connectivity index (χ1v) is 6.27. The summed E-state index contributed by atoms with van der Waals surface area (Å²) in [6, 6.07) is 7.84. The number of carbonyl (C=O) groups is 2. The summed E-state index contributed by atoms with van der Waals surface area (Å²) in [6.45, 7) is 3.21. The molecule has 0 fully saturated rings. The van der Waals surface area contributed by atoms with E-state index in [9.17, 15) is 14.0 Å². The molecule has 108 valence electrons. The molecule has 0 bridgehead atoms. The van der Waals surface area contributed by atoms with E-state index in [4.69, 9.17) is 0 Å². The lowest BCUT2D eigenvalue weighted by Crippen LogP contribution is -2.14. The number of amides is 2. The van der Waals surface area contributed by atoms with Crippen LogP contribution in [0.5, 0.6) is 0 Å². The average Bonchev–Trinajstić information content (AvgIpc) is 2.42. The van der Waals surface area contributed by atoms with Crippen LogP contribution in [0.15, 0.2) is 36.5 Å². The molecule has 0 radical (unpaired) electrons. The van der Waals surface area contributed by atoms with Crippen LogP contribution in [0, 0.1) is 12.9 Å². The first-order chi connectivity index (χ1) is 9.97. The van der Waals surface area contributed by atoms with Crippen LogP contribution in [-0.2, 0) is 4.79 Å². The predicted molar refractivity (Wildman–Crippen MR) is 77.6 cm³/mol. The topological polar surface area (TPSA) is 71.1 Å². The summed E-state index contributed by atoms with van der Waals surface area (Å²) in [5.41, 5.74) is 1.83. The molecular weight excluding hydrogens is 273 g/mol. The van der Waals surface area contributed by atoms with Crippen molar-refractivity contribution in [2.75, 3.05) is 10.6 Å². The SMILES string of the molecule is CC(=O)Nc1ccc(NC(=O)c2cccnc2F)cc1C. The molecular formula is C15H14FN3O2. The Bertz CT molecular complexity index is 701. The number of halogens is 1. The molecule has 0 saturated carbocycles. The molecule has 1 heterocycles. The van der Waals surface area contributed by atoms with Crippen LogP contribution in [0.1, 0.15) is 22.8 Å². The fourth-order valence-corrected chi connectivity index (χ4v) is 1.83. The van der Waals surface area contributed by atoms with Crippen LogP contribution in [0.4, 0.5) is 15.8 Å². The van der Waals surface area contributed by atoms with Gasteiger partial charge in [-0.2, -0.15) is 4.39 Å². The van der Waals surface area contributed by atoms with Gasteiger partial charge in [-0.05, 0) is 42.8 Å². The lowest BCUT2D eigenvalue weighted by atomic mass is 10.1. The van der Waals surface area contributed by atoms with Crippen LogP contribution in [0.2, 0.25) is 0 Å². The largest absolute Gasteiger partial charge is 0.326 e. The van der Waals surface area contributed by atoms with Gasteiger partial charge in [0.1, 0.15) is 0 Å². The normalized spacial score (nSPS) is 10.0. The maximum atomic E-state index is 13.4. The Morgan fingerprint density at radius 3 is 2.57 bits per heavy atom. The van der Waals surface area contributed by atoms with E-state index >= 15 is 0 Å². The van der Waals surface area contributed by atoms with E-state index in [0.717, 1.165) is 5.56 Å². The van der Waals surface area contributed by atoms with Crippen molar-refractivity contribution in [3.63, 3.8) is 0 Å². The zero-order valence-corrected chi connectivity index (χ0v) is 11.6. The Hall–Kier alpha value is -2.76. The molecule has 0 atom stereocenters. The summed E-state index contributed by atoms with van der Waals surface area (Å²) in [4.78, 5) is 26.4. The number of benzene rings is 1. The zero-order chi connectivity index (χ0) is 15.4. The molecule has 2 aromatic rings. The highest BCUT2D eigenvalue weighted by atomic mass is 19.1. The molecule has 6 heteroatoms. The third-order valence-corrected chi connectivity index (χ3v) is 2.80. The van der Waals surface area contributed by atoms with E-state index in [0.29, 0.717) is 11.4 Å². The van der Waals surface area contributed by atoms with Gasteiger partial charge in [0.2, 0.25) is 11.9 Å². The van der Waals surface area contributed by atoms with Crippen LogP contribution < -0.4 is 10.6 Å². The van der Waals surface area contributed by atoms with Crippen LogP contribution in [-0.4, -0.2) is 16.8 Å². The van der Waals surface area contributed by atoms with Gasteiger partial charge in [-0.1, -0.05) is 0 Å². The molecule has 0 saturated heterocycles. The highest BCUT2D eigenvalue weighted by Gasteiger charge is 2.12. The minimum absolute atomic E-state index is 0.124. The van der Waals surface area contributed by atoms with Crippen LogP contribution in [0.25, 0.3) is 0 Å². The molecule has 2 N–H and O–H groups in total. The van der Waals surface area contributed by atoms with Gasteiger partial charge in [0.15, 0.2) is 0 Å². The molecule has 2 rings (SSSR count). The lowest BCUT2D eigenvalue weighted by molar-refractivity contribution is -0.114. The standard InChI is InChI=1S/C15H14FN3O2/c1-9-8-11(5-6-13(9)18-10(2)20)19-15(21)12-4-3-7-17-14(12)16/h3-8H,1-2H3,(H,18,20)(H,19,21). The van der Waals surface area contributed by atoms with E-state index in [1.165, 1.54) is 25.3 Å². The second-order valence-corrected chi connectivity index (χ2v) is 4.51. The van der Waals surface area contributed by atoms with Crippen LogP contribution >= 0.6 is 0 Å². The number of nitrogens with one attached hydrogen (secondary N) is 2. The van der Waals surface area contributed by atoms with Gasteiger partial charge in [0, 0.05) is 24.5 Å². The summed E-state index contributed by atoms with van der Waals surface area (Å²) in [6.07, 6.45) is 1.28. The Morgan fingerprint density at radius 1 is 1.19 bits per heavy atom. The molecule has 1 aromatic carbocycles. The van der Waals surface area contributed by atoms with Crippen molar-refractivity contribution in [2.24, 2.45) is 0 Å². The Labute approximate surface area is 121 Å². The van der Waals surface area contributed by atoms with Crippen molar-refractivity contribution in [2.45, 2.75) is 13.8 Å². The summed E-state index contributed by atoms with van der Waals surface area (Å²) < 4.78 is 13.4. The Kier molecular flexibility index (Phi) is 4.27. The number of nitrogens with zero attached hydrogens (tertiary/aromatic N) is 1. The fourth-order valence-electron chi connectivity index (χ4n) is 1.83. The van der Waals surface area contributed by atoms with Gasteiger partial charge < -0.3 is 10.6 Å². The predicted octanol–water partition coefficient (Wildman–Crippen LogP) is 2.74. The van der Waals surface area contributed by atoms with Crippen molar-refractivity contribution in [3.8, 4) is 0 Å². The quantitative estimate of drug-likeness (QED) is 0.853. The highest BCUT2D eigenvalue weighted by molar-refractivity contribution is 6.04. The first kappa shape index (κ1) is 14.6. The van der Waals surface area contributed by atoms with Crippen molar-refractivity contribution >= 4 is 23.2 Å². The van der Waals surface area contributed by atoms with Gasteiger partial charge in [0.25, 0.3) is 5.91 Å². The van der Waals surface area contributed by atoms with E-state index in [1.54, 1.807) is 25.1 Å². The number of carbonyl (C=O) groups excluding carboxylic acids is 2. The number of hydrogen-bond donors (Lipinski definition) is 2. The number of aryl methyl sites for hydroxylation is 1. The van der Waals surface area contributed by atoms with E-state index in [2.05, 4.69) is 15.6 Å². The van der Waals surface area contributed by atoms with E-state index in [-0.39, 0.29) is 11.5 Å². The first-order valence-electron chi connectivity index (χ1n) is 6.27. The van der Waals surface area contributed by atoms with Gasteiger partial charge in [-0.3, -0.25) is 9.59 Å². The van der Waals surface area contributed by atoms with Crippen molar-refractivity contribution in [3.05, 3.63) is 53.6 Å². The zero-order valence-electron chi connectivity index (χ0n) is 11.6. The summed E-state index contributed by atoms with van der Waals surface area (Å²) in [5, 5.41) is 5.26. The molecule has 0 spiro atoms. The third kappa shape index (κ3) is 3.62. The maximum Gasteiger partial charge on any atom is 0.260 e. The molecule has 0 aliphatic heterocycles. The molecule has 1 aromatic heterocycles. The van der Waals surface area contributed by atoms with Crippen molar-refractivity contribution < 1.29 is 14.0 Å². The lowest BCUT2D eigenvalue weighted by Gasteiger charge is -2.10. The van der Waals surface area contributed by atoms with Crippen LogP contribution in [0.3, 0.4) is 0 Å². The number of anilines is 2. The van der Waals surface area contributed by atoms with Gasteiger partial charge in [-0.25, -0.2) is 4.98 Å². The molecule has 21 heavy (non-hydrogen) atoms. The minimum atomic E-state index is -0.818. The molecule has 0 unspecified atom stereocenters. The Morgan fingerprint density at radius 2 is 1.95 bits per heavy atom. The molecule has 0 aliphatic rings. The third-order valence-electron chi connectivity index (χ3n) is 2.80. The summed E-state index contributed by atoms with van der Waals surface area (Å²) >= 11 is 0. The summed E-state index contributed by atoms with van der Waals surface area (Å²) in [7, 11) is 0. The molecule has 5 nitrogen and oxygen atoms in total. The summed E-state index contributed by atoms with van der Waals surface area (Å²) in [5.74, 6) is -1.57. The number of aromatic nitrogens is 1. The molecule has 0 aliphatic carbocycles. The number of hydrogen-bond acceptors (Lipinski definition) is 3. The Balaban J connectivity index is 2.17. The smallest absolute Gasteiger partial charge is 0.260 e. The number of rotatable bonds is 3. The van der Waals surface area contributed by atoms with Crippen molar-refractivity contribution in [1.82, 2.24) is 4.98 Å². The highest BCUT2D eigenvalue weighted by Crippen LogP contribution is 2.20. The second-order valence-electron chi connectivity index (χ2n) is 4.51. The van der Waals surface area contributed by atoms with E-state index in [1.807, 2.05) is 0 Å². The minimum Gasteiger partial charge on any atom is -0.326 e. The van der Waals surface area contributed by atoms with Crippen molar-refractivity contribution in [1.29, 1.82) is 0 Å². The van der Waals surface area contributed by atoms with Gasteiger partial charge in [0.05, 0.1) is 5.56 Å². The second kappa shape index (κ2) is 6.13. The van der Waals surface area contributed by atoms with E-state index < -0.39 is 11.9 Å². The average molecular weight is 287 g/mol. The van der Waals surface area contributed by atoms with Gasteiger partial charge >= 0.3 is 0 Å².